The van der Waals surface area contributed by atoms with E-state index in [9.17, 15) is 4.79 Å². The second kappa shape index (κ2) is 7.01. The molecule has 0 radical (unpaired) electrons. The van der Waals surface area contributed by atoms with Crippen LogP contribution in [0.5, 0.6) is 0 Å². The van der Waals surface area contributed by atoms with Crippen molar-refractivity contribution in [3.63, 3.8) is 0 Å². The topological polar surface area (TPSA) is 51.0 Å². The molecule has 0 fully saturated rings. The van der Waals surface area contributed by atoms with Gasteiger partial charge in [-0.25, -0.2) is 9.97 Å². The summed E-state index contributed by atoms with van der Waals surface area (Å²) in [6.45, 7) is 3.35. The first kappa shape index (κ1) is 16.5. The van der Waals surface area contributed by atoms with Gasteiger partial charge in [0.1, 0.15) is 11.3 Å². The maximum atomic E-state index is 12.6. The Kier molecular flexibility index (Phi) is 4.81. The van der Waals surface area contributed by atoms with Crippen molar-refractivity contribution in [1.29, 1.82) is 0 Å². The fraction of sp³-hybridized carbons (Fsp3) is 0.278. The quantitative estimate of drug-likeness (QED) is 0.709. The van der Waals surface area contributed by atoms with Crippen LogP contribution >= 0.6 is 11.6 Å². The standard InChI is InChI=1S/C18H19ClN4O/c1-3-10-23-16(21-15-8-5-9-20-17(15)23)12-22(2)18(24)13-6-4-7-14(19)11-13/h4-9,11H,3,10,12H2,1-2H3. The molecule has 0 aliphatic carbocycles. The Morgan fingerprint density at radius 1 is 1.29 bits per heavy atom. The number of amides is 1. The summed E-state index contributed by atoms with van der Waals surface area (Å²) in [5.41, 5.74) is 2.28. The first-order valence-electron chi connectivity index (χ1n) is 7.91. The van der Waals surface area contributed by atoms with Crippen molar-refractivity contribution in [3.05, 3.63) is 59.0 Å². The highest BCUT2D eigenvalue weighted by atomic mass is 35.5. The Labute approximate surface area is 145 Å². The zero-order valence-corrected chi connectivity index (χ0v) is 14.5. The zero-order chi connectivity index (χ0) is 17.1. The van der Waals surface area contributed by atoms with Gasteiger partial charge in [-0.1, -0.05) is 24.6 Å². The maximum Gasteiger partial charge on any atom is 0.254 e. The third kappa shape index (κ3) is 3.26. The van der Waals surface area contributed by atoms with Gasteiger partial charge in [0.25, 0.3) is 5.91 Å². The van der Waals surface area contributed by atoms with Gasteiger partial charge in [0.15, 0.2) is 5.65 Å². The molecule has 5 nitrogen and oxygen atoms in total. The van der Waals surface area contributed by atoms with Gasteiger partial charge in [-0.05, 0) is 36.8 Å². The van der Waals surface area contributed by atoms with Gasteiger partial charge in [-0.3, -0.25) is 4.79 Å². The number of carbonyl (C=O) groups excluding carboxylic acids is 1. The first-order chi connectivity index (χ1) is 11.6. The van der Waals surface area contributed by atoms with Gasteiger partial charge >= 0.3 is 0 Å². The van der Waals surface area contributed by atoms with E-state index in [1.807, 2.05) is 12.1 Å². The molecule has 0 saturated heterocycles. The first-order valence-corrected chi connectivity index (χ1v) is 8.29. The monoisotopic (exact) mass is 342 g/mol. The number of nitrogens with zero attached hydrogens (tertiary/aromatic N) is 4. The van der Waals surface area contributed by atoms with Gasteiger partial charge in [0.05, 0.1) is 6.54 Å². The Bertz CT molecular complexity index is 874. The van der Waals surface area contributed by atoms with Crippen LogP contribution in [0.2, 0.25) is 5.02 Å². The van der Waals surface area contributed by atoms with E-state index in [1.165, 1.54) is 0 Å². The molecule has 124 valence electrons. The average molecular weight is 343 g/mol. The Morgan fingerprint density at radius 3 is 2.88 bits per heavy atom. The molecule has 0 spiro atoms. The number of carbonyl (C=O) groups is 1. The third-order valence-corrected chi connectivity index (χ3v) is 4.06. The predicted molar refractivity (Wildman–Crippen MR) is 95.1 cm³/mol. The Balaban J connectivity index is 1.88. The van der Waals surface area contributed by atoms with Crippen molar-refractivity contribution in [2.45, 2.75) is 26.4 Å². The molecule has 0 aliphatic rings. The van der Waals surface area contributed by atoms with Crippen molar-refractivity contribution < 1.29 is 4.79 Å². The van der Waals surface area contributed by atoms with Crippen molar-refractivity contribution >= 4 is 28.7 Å². The summed E-state index contributed by atoms with van der Waals surface area (Å²) in [4.78, 5) is 23.3. The molecule has 2 aromatic heterocycles. The molecule has 3 aromatic rings. The van der Waals surface area contributed by atoms with Crippen LogP contribution < -0.4 is 0 Å². The van der Waals surface area contributed by atoms with Crippen LogP contribution in [0.15, 0.2) is 42.6 Å². The van der Waals surface area contributed by atoms with Crippen LogP contribution in [-0.2, 0) is 13.1 Å². The average Bonchev–Trinajstić information content (AvgIpc) is 2.92. The molecule has 3 rings (SSSR count). The molecule has 6 heteroatoms. The number of pyridine rings is 1. The number of benzene rings is 1. The largest absolute Gasteiger partial charge is 0.334 e. The summed E-state index contributed by atoms with van der Waals surface area (Å²) in [5, 5.41) is 0.552. The SMILES string of the molecule is CCCn1c(CN(C)C(=O)c2cccc(Cl)c2)nc2cccnc21. The fourth-order valence-electron chi connectivity index (χ4n) is 2.71. The number of fused-ring (bicyclic) bond motifs is 1. The second-order valence-corrected chi connectivity index (χ2v) is 6.13. The van der Waals surface area contributed by atoms with Crippen molar-refractivity contribution in [2.75, 3.05) is 7.05 Å². The molecule has 0 unspecified atom stereocenters. The molecule has 2 heterocycles. The number of rotatable bonds is 5. The summed E-state index contributed by atoms with van der Waals surface area (Å²) < 4.78 is 2.08. The molecule has 0 atom stereocenters. The smallest absolute Gasteiger partial charge is 0.254 e. The third-order valence-electron chi connectivity index (χ3n) is 3.83. The van der Waals surface area contributed by atoms with Crippen LogP contribution in [0, 0.1) is 0 Å². The van der Waals surface area contributed by atoms with Crippen LogP contribution in [-0.4, -0.2) is 32.4 Å². The Hall–Kier alpha value is -2.40. The number of hydrogen-bond acceptors (Lipinski definition) is 3. The summed E-state index contributed by atoms with van der Waals surface area (Å²) in [6.07, 6.45) is 2.74. The predicted octanol–water partition coefficient (Wildman–Crippen LogP) is 3.77. The number of halogens is 1. The van der Waals surface area contributed by atoms with Crippen LogP contribution in [0.4, 0.5) is 0 Å². The van der Waals surface area contributed by atoms with E-state index < -0.39 is 0 Å². The lowest BCUT2D eigenvalue weighted by Gasteiger charge is -2.18. The molecule has 1 amide bonds. The number of aryl methyl sites for hydroxylation is 1. The van der Waals surface area contributed by atoms with E-state index in [2.05, 4.69) is 21.5 Å². The molecule has 0 aliphatic heterocycles. The highest BCUT2D eigenvalue weighted by molar-refractivity contribution is 6.30. The summed E-state index contributed by atoms with van der Waals surface area (Å²) in [5.74, 6) is 0.754. The van der Waals surface area contributed by atoms with Gasteiger partial charge in [0.2, 0.25) is 0 Å². The zero-order valence-electron chi connectivity index (χ0n) is 13.7. The van der Waals surface area contributed by atoms with E-state index in [-0.39, 0.29) is 5.91 Å². The molecular weight excluding hydrogens is 324 g/mol. The van der Waals surface area contributed by atoms with Crippen LogP contribution in [0.25, 0.3) is 11.2 Å². The minimum Gasteiger partial charge on any atom is -0.334 e. The molecule has 0 N–H and O–H groups in total. The fourth-order valence-corrected chi connectivity index (χ4v) is 2.90. The number of imidazole rings is 1. The van der Waals surface area contributed by atoms with E-state index in [0.717, 1.165) is 30.0 Å². The summed E-state index contributed by atoms with van der Waals surface area (Å²) in [6, 6.07) is 10.8. The normalized spacial score (nSPS) is 11.0. The summed E-state index contributed by atoms with van der Waals surface area (Å²) in [7, 11) is 1.77. The molecule has 24 heavy (non-hydrogen) atoms. The lowest BCUT2D eigenvalue weighted by molar-refractivity contribution is 0.0780. The van der Waals surface area contributed by atoms with E-state index in [4.69, 9.17) is 11.6 Å². The van der Waals surface area contributed by atoms with Crippen LogP contribution in [0.3, 0.4) is 0 Å². The Morgan fingerprint density at radius 2 is 2.12 bits per heavy atom. The van der Waals surface area contributed by atoms with Gasteiger partial charge in [0, 0.05) is 30.4 Å². The molecule has 0 bridgehead atoms. The van der Waals surface area contributed by atoms with E-state index in [1.54, 1.807) is 42.4 Å². The van der Waals surface area contributed by atoms with E-state index in [0.29, 0.717) is 17.1 Å². The van der Waals surface area contributed by atoms with Gasteiger partial charge in [-0.15, -0.1) is 0 Å². The maximum absolute atomic E-state index is 12.6. The molecule has 0 saturated carbocycles. The van der Waals surface area contributed by atoms with Crippen molar-refractivity contribution in [2.24, 2.45) is 0 Å². The van der Waals surface area contributed by atoms with Crippen LogP contribution in [0.1, 0.15) is 29.5 Å². The number of hydrogen-bond donors (Lipinski definition) is 0. The molecular formula is C18H19ClN4O. The lowest BCUT2D eigenvalue weighted by Crippen LogP contribution is -2.27. The van der Waals surface area contributed by atoms with Crippen molar-refractivity contribution in [3.8, 4) is 0 Å². The minimum absolute atomic E-state index is 0.0828. The lowest BCUT2D eigenvalue weighted by atomic mass is 10.2. The highest BCUT2D eigenvalue weighted by Crippen LogP contribution is 2.17. The molecule has 1 aromatic carbocycles. The number of aromatic nitrogens is 3. The minimum atomic E-state index is -0.0828. The van der Waals surface area contributed by atoms with E-state index >= 15 is 0 Å². The van der Waals surface area contributed by atoms with Crippen molar-refractivity contribution in [1.82, 2.24) is 19.4 Å². The van der Waals surface area contributed by atoms with Gasteiger partial charge in [-0.2, -0.15) is 0 Å². The second-order valence-electron chi connectivity index (χ2n) is 5.70. The van der Waals surface area contributed by atoms with Gasteiger partial charge < -0.3 is 9.47 Å². The summed E-state index contributed by atoms with van der Waals surface area (Å²) >= 11 is 5.98. The highest BCUT2D eigenvalue weighted by Gasteiger charge is 2.17.